The molecule has 0 radical (unpaired) electrons. The topological polar surface area (TPSA) is 65.5 Å². The van der Waals surface area contributed by atoms with E-state index in [-0.39, 0.29) is 17.9 Å². The summed E-state index contributed by atoms with van der Waals surface area (Å²) in [4.78, 5) is 35.3. The Morgan fingerprint density at radius 2 is 1.80 bits per heavy atom. The highest BCUT2D eigenvalue weighted by atomic mass is 16.2. The highest BCUT2D eigenvalue weighted by molar-refractivity contribution is 6.00. The third kappa shape index (κ3) is 4.39. The minimum atomic E-state index is -0.662. The summed E-state index contributed by atoms with van der Waals surface area (Å²) in [6.45, 7) is 5.30. The molecule has 1 atom stereocenters. The number of rotatable bonds is 6. The first-order chi connectivity index (χ1) is 14.6. The third-order valence-electron chi connectivity index (χ3n) is 7.39. The number of aromatic nitrogens is 1. The second kappa shape index (κ2) is 9.46. The standard InChI is InChI=1S/C24H36N4O2/c1-2-14-28-22(29)21(17-19-6-4-3-5-7-19)26-23(30)24(28)10-15-27(16-11-24)18-20-8-12-25-13-9-20/h8-9,12-13,19,21H,2-7,10-11,14-18H2,1H3,(H,26,30). The molecule has 1 aromatic rings. The van der Waals surface area contributed by atoms with E-state index in [0.717, 1.165) is 32.5 Å². The van der Waals surface area contributed by atoms with Crippen LogP contribution < -0.4 is 5.32 Å². The monoisotopic (exact) mass is 412 g/mol. The zero-order chi connectivity index (χ0) is 21.0. The lowest BCUT2D eigenvalue weighted by Crippen LogP contribution is -2.73. The van der Waals surface area contributed by atoms with Gasteiger partial charge in [-0.2, -0.15) is 0 Å². The number of pyridine rings is 1. The van der Waals surface area contributed by atoms with Crippen molar-refractivity contribution in [3.8, 4) is 0 Å². The Hall–Kier alpha value is -1.95. The molecule has 1 saturated carbocycles. The van der Waals surface area contributed by atoms with E-state index in [2.05, 4.69) is 22.1 Å². The lowest BCUT2D eigenvalue weighted by Gasteiger charge is -2.52. The molecule has 0 aromatic carbocycles. The van der Waals surface area contributed by atoms with Gasteiger partial charge in [-0.3, -0.25) is 19.5 Å². The highest BCUT2D eigenvalue weighted by Gasteiger charge is 2.53. The van der Waals surface area contributed by atoms with Gasteiger partial charge in [0.15, 0.2) is 0 Å². The van der Waals surface area contributed by atoms with Gasteiger partial charge in [-0.05, 0) is 49.3 Å². The average Bonchev–Trinajstić information content (AvgIpc) is 2.78. The van der Waals surface area contributed by atoms with Gasteiger partial charge in [0.2, 0.25) is 11.8 Å². The predicted molar refractivity (Wildman–Crippen MR) is 117 cm³/mol. The van der Waals surface area contributed by atoms with Gasteiger partial charge >= 0.3 is 0 Å². The maximum absolute atomic E-state index is 13.5. The number of likely N-dealkylation sites (tertiary alicyclic amines) is 1. The van der Waals surface area contributed by atoms with Gasteiger partial charge in [0.1, 0.15) is 11.6 Å². The minimum Gasteiger partial charge on any atom is -0.342 e. The molecule has 164 valence electrons. The van der Waals surface area contributed by atoms with Crippen LogP contribution in [0.3, 0.4) is 0 Å². The van der Waals surface area contributed by atoms with Gasteiger partial charge in [0.25, 0.3) is 0 Å². The number of carbonyl (C=O) groups is 2. The molecule has 6 heteroatoms. The van der Waals surface area contributed by atoms with Crippen molar-refractivity contribution in [1.29, 1.82) is 0 Å². The Labute approximate surface area is 180 Å². The van der Waals surface area contributed by atoms with Crippen LogP contribution in [0.1, 0.15) is 70.3 Å². The Balaban J connectivity index is 1.43. The van der Waals surface area contributed by atoms with Crippen molar-refractivity contribution >= 4 is 11.8 Å². The molecule has 0 bridgehead atoms. The van der Waals surface area contributed by atoms with E-state index in [1.165, 1.54) is 37.7 Å². The van der Waals surface area contributed by atoms with Crippen LogP contribution in [-0.2, 0) is 16.1 Å². The van der Waals surface area contributed by atoms with E-state index in [0.29, 0.717) is 25.3 Å². The summed E-state index contributed by atoms with van der Waals surface area (Å²) < 4.78 is 0. The van der Waals surface area contributed by atoms with Crippen LogP contribution >= 0.6 is 0 Å². The number of nitrogens with zero attached hydrogens (tertiary/aromatic N) is 3. The fourth-order valence-corrected chi connectivity index (χ4v) is 5.66. The summed E-state index contributed by atoms with van der Waals surface area (Å²) in [6, 6.07) is 3.76. The summed E-state index contributed by atoms with van der Waals surface area (Å²) >= 11 is 0. The molecule has 1 N–H and O–H groups in total. The molecule has 1 unspecified atom stereocenters. The molecule has 4 rings (SSSR count). The lowest BCUT2D eigenvalue weighted by molar-refractivity contribution is -0.162. The molecular formula is C24H36N4O2. The number of nitrogens with one attached hydrogen (secondary N) is 1. The third-order valence-corrected chi connectivity index (χ3v) is 7.39. The first-order valence-corrected chi connectivity index (χ1v) is 11.9. The van der Waals surface area contributed by atoms with Crippen LogP contribution in [0.5, 0.6) is 0 Å². The van der Waals surface area contributed by atoms with Gasteiger partial charge in [-0.25, -0.2) is 0 Å². The summed E-state index contributed by atoms with van der Waals surface area (Å²) in [5.41, 5.74) is 0.577. The lowest BCUT2D eigenvalue weighted by atomic mass is 9.79. The van der Waals surface area contributed by atoms with Crippen LogP contribution in [0.4, 0.5) is 0 Å². The second-order valence-electron chi connectivity index (χ2n) is 9.42. The minimum absolute atomic E-state index is 0.0833. The number of hydrogen-bond donors (Lipinski definition) is 1. The molecule has 3 aliphatic rings. The maximum atomic E-state index is 13.5. The number of piperidine rings is 1. The van der Waals surface area contributed by atoms with E-state index in [1.807, 2.05) is 29.4 Å². The summed E-state index contributed by atoms with van der Waals surface area (Å²) in [7, 11) is 0. The second-order valence-corrected chi connectivity index (χ2v) is 9.42. The van der Waals surface area contributed by atoms with Crippen LogP contribution in [0.25, 0.3) is 0 Å². The molecule has 3 heterocycles. The van der Waals surface area contributed by atoms with E-state index in [9.17, 15) is 9.59 Å². The molecule has 30 heavy (non-hydrogen) atoms. The maximum Gasteiger partial charge on any atom is 0.246 e. The van der Waals surface area contributed by atoms with Gasteiger partial charge in [0.05, 0.1) is 0 Å². The zero-order valence-electron chi connectivity index (χ0n) is 18.3. The van der Waals surface area contributed by atoms with E-state index < -0.39 is 5.54 Å². The molecule has 1 aliphatic carbocycles. The number of hydrogen-bond acceptors (Lipinski definition) is 4. The molecule has 1 aromatic heterocycles. The van der Waals surface area contributed by atoms with Crippen molar-refractivity contribution in [2.75, 3.05) is 19.6 Å². The van der Waals surface area contributed by atoms with E-state index >= 15 is 0 Å². The molecule has 3 fully saturated rings. The van der Waals surface area contributed by atoms with Gasteiger partial charge in [0, 0.05) is 38.6 Å². The highest BCUT2D eigenvalue weighted by Crippen LogP contribution is 2.36. The summed E-state index contributed by atoms with van der Waals surface area (Å²) in [5.74, 6) is 0.817. The number of amides is 2. The van der Waals surface area contributed by atoms with Crippen LogP contribution in [-0.4, -0.2) is 57.8 Å². The fourth-order valence-electron chi connectivity index (χ4n) is 5.66. The van der Waals surface area contributed by atoms with Crippen molar-refractivity contribution in [2.24, 2.45) is 5.92 Å². The Kier molecular flexibility index (Phi) is 6.71. The number of carbonyl (C=O) groups excluding carboxylic acids is 2. The summed E-state index contributed by atoms with van der Waals surface area (Å²) in [6.07, 6.45) is 13.0. The van der Waals surface area contributed by atoms with Crippen molar-refractivity contribution < 1.29 is 9.59 Å². The summed E-state index contributed by atoms with van der Waals surface area (Å²) in [5, 5.41) is 3.17. The Morgan fingerprint density at radius 3 is 2.47 bits per heavy atom. The van der Waals surface area contributed by atoms with Gasteiger partial charge < -0.3 is 10.2 Å². The Morgan fingerprint density at radius 1 is 1.10 bits per heavy atom. The largest absolute Gasteiger partial charge is 0.342 e. The quantitative estimate of drug-likeness (QED) is 0.780. The zero-order valence-corrected chi connectivity index (χ0v) is 18.3. The van der Waals surface area contributed by atoms with Crippen molar-refractivity contribution in [1.82, 2.24) is 20.1 Å². The van der Waals surface area contributed by atoms with Gasteiger partial charge in [-0.1, -0.05) is 39.0 Å². The predicted octanol–water partition coefficient (Wildman–Crippen LogP) is 3.12. The van der Waals surface area contributed by atoms with Crippen molar-refractivity contribution in [2.45, 2.75) is 82.8 Å². The first kappa shape index (κ1) is 21.3. The molecule has 2 amide bonds. The van der Waals surface area contributed by atoms with Gasteiger partial charge in [-0.15, -0.1) is 0 Å². The molecule has 6 nitrogen and oxygen atoms in total. The molecule has 2 saturated heterocycles. The molecular weight excluding hydrogens is 376 g/mol. The molecule has 1 spiro atoms. The smallest absolute Gasteiger partial charge is 0.246 e. The van der Waals surface area contributed by atoms with Crippen LogP contribution in [0.2, 0.25) is 0 Å². The van der Waals surface area contributed by atoms with Crippen molar-refractivity contribution in [3.63, 3.8) is 0 Å². The van der Waals surface area contributed by atoms with E-state index in [1.54, 1.807) is 0 Å². The molecule has 2 aliphatic heterocycles. The SMILES string of the molecule is CCCN1C(=O)C(CC2CCCCC2)NC(=O)C12CCN(Cc1ccncc1)CC2. The fraction of sp³-hybridized carbons (Fsp3) is 0.708. The normalized spacial score (nSPS) is 25.5. The Bertz CT molecular complexity index is 724. The van der Waals surface area contributed by atoms with Crippen LogP contribution in [0.15, 0.2) is 24.5 Å². The number of piperazine rings is 1. The van der Waals surface area contributed by atoms with Crippen LogP contribution in [0, 0.1) is 5.92 Å². The average molecular weight is 413 g/mol. The first-order valence-electron chi connectivity index (χ1n) is 11.9. The van der Waals surface area contributed by atoms with E-state index in [4.69, 9.17) is 0 Å². The van der Waals surface area contributed by atoms with Crippen molar-refractivity contribution in [3.05, 3.63) is 30.1 Å².